The number of rotatable bonds is 6. The number of carbonyl (C=O) groups excluding carboxylic acids is 1. The van der Waals surface area contributed by atoms with E-state index in [-0.39, 0.29) is 29.6 Å². The highest BCUT2D eigenvalue weighted by Crippen LogP contribution is 2.22. The molecule has 3 aromatic rings. The number of carbonyl (C=O) groups is 1. The van der Waals surface area contributed by atoms with Crippen molar-refractivity contribution in [3.05, 3.63) is 70.5 Å². The van der Waals surface area contributed by atoms with Gasteiger partial charge in [-0.05, 0) is 11.6 Å². The highest BCUT2D eigenvalue weighted by atomic mass is 32.2. The molecule has 0 radical (unpaired) electrons. The van der Waals surface area contributed by atoms with Crippen LogP contribution in [0, 0.1) is 0 Å². The third kappa shape index (κ3) is 5.16. The van der Waals surface area contributed by atoms with Crippen molar-refractivity contribution in [2.75, 3.05) is 24.6 Å². The molecule has 32 heavy (non-hydrogen) atoms. The quantitative estimate of drug-likeness (QED) is 0.605. The maximum atomic E-state index is 12.8. The van der Waals surface area contributed by atoms with E-state index in [1.807, 2.05) is 42.1 Å². The molecule has 1 aliphatic heterocycles. The number of amides is 2. The molecule has 3 heterocycles. The predicted octanol–water partition coefficient (Wildman–Crippen LogP) is 3.34. The third-order valence-electron chi connectivity index (χ3n) is 5.05. The molecular formula is C21H21F2N5O3S. The predicted molar refractivity (Wildman–Crippen MR) is 116 cm³/mol. The van der Waals surface area contributed by atoms with Gasteiger partial charge in [-0.1, -0.05) is 30.3 Å². The number of benzene rings is 1. The Labute approximate surface area is 186 Å². The van der Waals surface area contributed by atoms with E-state index in [0.717, 1.165) is 17.1 Å². The number of pyridine rings is 1. The van der Waals surface area contributed by atoms with Crippen LogP contribution in [0.15, 0.2) is 57.9 Å². The Bertz CT molecular complexity index is 1120. The Morgan fingerprint density at radius 3 is 2.56 bits per heavy atom. The maximum absolute atomic E-state index is 12.8. The topological polar surface area (TPSA) is 93.3 Å². The first-order valence-corrected chi connectivity index (χ1v) is 11.2. The Morgan fingerprint density at radius 1 is 1.16 bits per heavy atom. The molecule has 1 N–H and O–H groups in total. The van der Waals surface area contributed by atoms with Crippen LogP contribution in [0.4, 0.5) is 13.6 Å². The van der Waals surface area contributed by atoms with Crippen molar-refractivity contribution in [1.29, 1.82) is 0 Å². The van der Waals surface area contributed by atoms with Crippen LogP contribution in [0.1, 0.15) is 23.9 Å². The van der Waals surface area contributed by atoms with Gasteiger partial charge >= 0.3 is 12.5 Å². The molecule has 0 saturated carbocycles. The fraction of sp³-hybridized carbons (Fsp3) is 0.333. The van der Waals surface area contributed by atoms with Crippen LogP contribution in [0.5, 0.6) is 0 Å². The molecule has 1 fully saturated rings. The Morgan fingerprint density at radius 2 is 1.91 bits per heavy atom. The van der Waals surface area contributed by atoms with Crippen LogP contribution in [-0.4, -0.2) is 50.3 Å². The van der Waals surface area contributed by atoms with Gasteiger partial charge in [-0.3, -0.25) is 4.79 Å². The zero-order chi connectivity index (χ0) is 22.5. The van der Waals surface area contributed by atoms with E-state index >= 15 is 0 Å². The lowest BCUT2D eigenvalue weighted by molar-refractivity contribution is 0.116. The van der Waals surface area contributed by atoms with Crippen LogP contribution in [0.2, 0.25) is 0 Å². The molecule has 8 nitrogen and oxygen atoms in total. The molecular weight excluding hydrogens is 440 g/mol. The number of alkyl halides is 2. The van der Waals surface area contributed by atoms with Crippen molar-refractivity contribution < 1.29 is 18.0 Å². The van der Waals surface area contributed by atoms with Crippen molar-refractivity contribution in [2.45, 2.75) is 19.0 Å². The number of thioether (sulfide) groups is 1. The van der Waals surface area contributed by atoms with E-state index in [9.17, 15) is 18.4 Å². The monoisotopic (exact) mass is 461 g/mol. The number of aromatic nitrogens is 3. The van der Waals surface area contributed by atoms with Gasteiger partial charge < -0.3 is 19.2 Å². The van der Waals surface area contributed by atoms with Gasteiger partial charge in [0, 0.05) is 42.4 Å². The second-order valence-electron chi connectivity index (χ2n) is 7.16. The second-order valence-corrected chi connectivity index (χ2v) is 8.39. The van der Waals surface area contributed by atoms with E-state index < -0.39 is 18.4 Å². The molecule has 0 spiro atoms. The van der Waals surface area contributed by atoms with Crippen LogP contribution in [-0.2, 0) is 6.54 Å². The molecule has 0 bridgehead atoms. The van der Waals surface area contributed by atoms with Crippen molar-refractivity contribution in [3.8, 4) is 11.5 Å². The Hall–Kier alpha value is -3.21. The molecule has 11 heteroatoms. The van der Waals surface area contributed by atoms with Gasteiger partial charge in [0.25, 0.3) is 11.4 Å². The van der Waals surface area contributed by atoms with Crippen molar-refractivity contribution in [2.24, 2.45) is 0 Å². The highest BCUT2D eigenvalue weighted by Gasteiger charge is 2.22. The van der Waals surface area contributed by atoms with Gasteiger partial charge in [0.1, 0.15) is 0 Å². The molecule has 0 aliphatic carbocycles. The van der Waals surface area contributed by atoms with Crippen LogP contribution in [0.3, 0.4) is 0 Å². The summed E-state index contributed by atoms with van der Waals surface area (Å²) in [6, 6.07) is 11.6. The van der Waals surface area contributed by atoms with E-state index in [0.29, 0.717) is 13.1 Å². The first-order chi connectivity index (χ1) is 15.5. The van der Waals surface area contributed by atoms with E-state index in [1.54, 1.807) is 4.90 Å². The van der Waals surface area contributed by atoms with Crippen LogP contribution in [0.25, 0.3) is 11.5 Å². The lowest BCUT2D eigenvalue weighted by Crippen LogP contribution is -2.46. The molecule has 2 aromatic heterocycles. The molecule has 0 unspecified atom stereocenters. The lowest BCUT2D eigenvalue weighted by atomic mass is 10.1. The normalized spacial score (nSPS) is 15.0. The summed E-state index contributed by atoms with van der Waals surface area (Å²) in [7, 11) is 0. The summed E-state index contributed by atoms with van der Waals surface area (Å²) in [6.45, 7) is 1.55. The largest absolute Gasteiger partial charge is 0.415 e. The zero-order valence-electron chi connectivity index (χ0n) is 17.0. The maximum Gasteiger partial charge on any atom is 0.317 e. The molecule has 2 amide bonds. The summed E-state index contributed by atoms with van der Waals surface area (Å²) in [5, 5.41) is 9.88. The Kier molecular flexibility index (Phi) is 6.84. The fourth-order valence-corrected chi connectivity index (χ4v) is 4.26. The molecule has 1 aromatic carbocycles. The minimum absolute atomic E-state index is 0.152. The number of hydrogen-bond acceptors (Lipinski definition) is 6. The lowest BCUT2D eigenvalue weighted by Gasteiger charge is -2.29. The van der Waals surface area contributed by atoms with Gasteiger partial charge in [-0.2, -0.15) is 20.5 Å². The van der Waals surface area contributed by atoms with E-state index in [1.165, 1.54) is 22.9 Å². The molecule has 1 aliphatic rings. The smallest absolute Gasteiger partial charge is 0.317 e. The second kappa shape index (κ2) is 9.94. The van der Waals surface area contributed by atoms with E-state index in [2.05, 4.69) is 15.5 Å². The van der Waals surface area contributed by atoms with Gasteiger partial charge in [-0.15, -0.1) is 10.2 Å². The van der Waals surface area contributed by atoms with Gasteiger partial charge in [0.15, 0.2) is 0 Å². The fourth-order valence-electron chi connectivity index (χ4n) is 3.35. The average molecular weight is 461 g/mol. The summed E-state index contributed by atoms with van der Waals surface area (Å²) >= 11 is 1.81. The SMILES string of the molecule is O=C(N[C@@H](Cn1ccc(-c2nnc(C(F)F)o2)cc1=O)c1ccccc1)N1CCSCC1. The van der Waals surface area contributed by atoms with Crippen molar-refractivity contribution in [1.82, 2.24) is 25.0 Å². The first-order valence-electron chi connectivity index (χ1n) is 10.0. The summed E-state index contributed by atoms with van der Waals surface area (Å²) < 4.78 is 31.7. The molecule has 1 saturated heterocycles. The van der Waals surface area contributed by atoms with Gasteiger partial charge in [-0.25, -0.2) is 4.79 Å². The molecule has 1 atom stereocenters. The third-order valence-corrected chi connectivity index (χ3v) is 5.99. The van der Waals surface area contributed by atoms with Crippen molar-refractivity contribution >= 4 is 17.8 Å². The summed E-state index contributed by atoms with van der Waals surface area (Å²) in [5.74, 6) is 0.841. The van der Waals surface area contributed by atoms with Crippen molar-refractivity contribution in [3.63, 3.8) is 0 Å². The van der Waals surface area contributed by atoms with Gasteiger partial charge in [0.2, 0.25) is 5.89 Å². The standard InChI is InChI=1S/C21H21F2N5O3S/c22-18(23)20-26-25-19(31-20)15-6-7-28(17(29)12-15)13-16(14-4-2-1-3-5-14)24-21(30)27-8-10-32-11-9-27/h1-7,12,16,18H,8-11,13H2,(H,24,30)/t16-/m0/s1. The number of nitrogens with one attached hydrogen (secondary N) is 1. The van der Waals surface area contributed by atoms with Crippen LogP contribution < -0.4 is 10.9 Å². The number of nitrogens with zero attached hydrogens (tertiary/aromatic N) is 4. The van der Waals surface area contributed by atoms with Crippen LogP contribution >= 0.6 is 11.8 Å². The number of urea groups is 1. The highest BCUT2D eigenvalue weighted by molar-refractivity contribution is 7.99. The zero-order valence-corrected chi connectivity index (χ0v) is 17.8. The average Bonchev–Trinajstić information content (AvgIpc) is 3.32. The minimum atomic E-state index is -2.88. The molecule has 168 valence electrons. The minimum Gasteiger partial charge on any atom is -0.415 e. The number of hydrogen-bond donors (Lipinski definition) is 1. The first kappa shape index (κ1) is 22.0. The van der Waals surface area contributed by atoms with Gasteiger partial charge in [0.05, 0.1) is 12.6 Å². The Balaban J connectivity index is 1.54. The summed E-state index contributed by atoms with van der Waals surface area (Å²) in [6.07, 6.45) is -1.37. The van der Waals surface area contributed by atoms with E-state index in [4.69, 9.17) is 4.42 Å². The summed E-state index contributed by atoms with van der Waals surface area (Å²) in [4.78, 5) is 27.3. The number of halogens is 2. The summed E-state index contributed by atoms with van der Waals surface area (Å²) in [5.41, 5.74) is 0.724. The molecule has 4 rings (SSSR count).